The molecule has 1 N–H and O–H groups in total. The van der Waals surface area contributed by atoms with Gasteiger partial charge in [0.25, 0.3) is 0 Å². The lowest BCUT2D eigenvalue weighted by molar-refractivity contribution is -0.156. The van der Waals surface area contributed by atoms with Crippen molar-refractivity contribution in [1.82, 2.24) is 5.32 Å². The molecule has 2 atom stereocenters. The van der Waals surface area contributed by atoms with E-state index >= 15 is 0 Å². The molecule has 2 aromatic rings. The van der Waals surface area contributed by atoms with E-state index in [9.17, 15) is 14.4 Å². The van der Waals surface area contributed by atoms with Crippen molar-refractivity contribution < 1.29 is 19.1 Å². The molecule has 2 unspecified atom stereocenters. The number of amides is 1. The molecule has 142 valence electrons. The van der Waals surface area contributed by atoms with Gasteiger partial charge in [0.1, 0.15) is 5.92 Å². The minimum absolute atomic E-state index is 0.0693. The molecule has 0 aliphatic rings. The monoisotopic (exact) mass is 367 g/mol. The molecule has 0 saturated heterocycles. The van der Waals surface area contributed by atoms with E-state index in [0.29, 0.717) is 0 Å². The van der Waals surface area contributed by atoms with Crippen LogP contribution in [0.5, 0.6) is 0 Å². The highest BCUT2D eigenvalue weighted by molar-refractivity contribution is 6.03. The number of carbonyl (C=O) groups excluding carboxylic acids is 3. The molecule has 2 aromatic carbocycles. The highest BCUT2D eigenvalue weighted by atomic mass is 16.5. The summed E-state index contributed by atoms with van der Waals surface area (Å²) in [7, 11) is 1.48. The van der Waals surface area contributed by atoms with Gasteiger partial charge in [-0.05, 0) is 23.6 Å². The second-order valence-electron chi connectivity index (χ2n) is 6.34. The van der Waals surface area contributed by atoms with Crippen molar-refractivity contribution >= 4 is 17.7 Å². The van der Waals surface area contributed by atoms with Crippen LogP contribution in [0.4, 0.5) is 0 Å². The van der Waals surface area contributed by atoms with Crippen molar-refractivity contribution in [3.05, 3.63) is 60.2 Å². The molecule has 0 spiro atoms. The van der Waals surface area contributed by atoms with Crippen LogP contribution in [0.3, 0.4) is 0 Å². The number of benzene rings is 2. The minimum Gasteiger partial charge on any atom is -0.465 e. The number of ketones is 1. The topological polar surface area (TPSA) is 72.5 Å². The number of Topliss-reactive ketones (excluding diaryl/α,β-unsaturated/α-hetero) is 1. The van der Waals surface area contributed by atoms with Crippen molar-refractivity contribution in [3.63, 3.8) is 0 Å². The van der Waals surface area contributed by atoms with E-state index in [4.69, 9.17) is 4.74 Å². The van der Waals surface area contributed by atoms with Crippen LogP contribution in [0.2, 0.25) is 0 Å². The van der Waals surface area contributed by atoms with Crippen LogP contribution < -0.4 is 5.32 Å². The van der Waals surface area contributed by atoms with E-state index in [-0.39, 0.29) is 24.7 Å². The summed E-state index contributed by atoms with van der Waals surface area (Å²) >= 11 is 0. The third-order valence-corrected chi connectivity index (χ3v) is 4.49. The lowest BCUT2D eigenvalue weighted by Crippen LogP contribution is -2.40. The van der Waals surface area contributed by atoms with E-state index < -0.39 is 17.8 Å². The molecule has 0 aromatic heterocycles. The summed E-state index contributed by atoms with van der Waals surface area (Å²) in [5, 5.41) is 2.49. The van der Waals surface area contributed by atoms with Crippen LogP contribution in [0.25, 0.3) is 11.1 Å². The Labute approximate surface area is 159 Å². The van der Waals surface area contributed by atoms with Gasteiger partial charge in [-0.1, -0.05) is 61.5 Å². The van der Waals surface area contributed by atoms with Crippen LogP contribution in [0.15, 0.2) is 54.6 Å². The predicted octanol–water partition coefficient (Wildman–Crippen LogP) is 3.03. The number of nitrogens with one attached hydrogen (secondary N) is 1. The number of esters is 1. The average molecular weight is 367 g/mol. The number of hydrogen-bond donors (Lipinski definition) is 1. The van der Waals surface area contributed by atoms with Gasteiger partial charge < -0.3 is 10.1 Å². The number of carbonyl (C=O) groups is 3. The van der Waals surface area contributed by atoms with Gasteiger partial charge in [0.2, 0.25) is 5.91 Å². The summed E-state index contributed by atoms with van der Waals surface area (Å²) in [6, 6.07) is 17.6. The number of rotatable bonds is 8. The number of hydrogen-bond acceptors (Lipinski definition) is 4. The van der Waals surface area contributed by atoms with E-state index in [1.165, 1.54) is 7.05 Å². The highest BCUT2D eigenvalue weighted by Gasteiger charge is 2.36. The van der Waals surface area contributed by atoms with Crippen molar-refractivity contribution in [1.29, 1.82) is 0 Å². The summed E-state index contributed by atoms with van der Waals surface area (Å²) in [6.07, 6.45) is 0.0693. The van der Waals surface area contributed by atoms with Gasteiger partial charge in [-0.15, -0.1) is 0 Å². The van der Waals surface area contributed by atoms with Crippen LogP contribution in [-0.4, -0.2) is 31.3 Å². The van der Waals surface area contributed by atoms with Gasteiger partial charge in [-0.3, -0.25) is 14.4 Å². The van der Waals surface area contributed by atoms with E-state index in [1.54, 1.807) is 13.8 Å². The lowest BCUT2D eigenvalue weighted by atomic mass is 9.86. The van der Waals surface area contributed by atoms with Crippen molar-refractivity contribution in [2.75, 3.05) is 13.7 Å². The zero-order valence-electron chi connectivity index (χ0n) is 15.9. The van der Waals surface area contributed by atoms with Crippen LogP contribution in [0, 0.1) is 11.8 Å². The summed E-state index contributed by atoms with van der Waals surface area (Å²) in [5.41, 5.74) is 2.93. The Balaban J connectivity index is 2.16. The Morgan fingerprint density at radius 1 is 0.963 bits per heavy atom. The van der Waals surface area contributed by atoms with E-state index in [0.717, 1.165) is 16.7 Å². The summed E-state index contributed by atoms with van der Waals surface area (Å²) in [6.45, 7) is 3.40. The Hall–Kier alpha value is -2.95. The summed E-state index contributed by atoms with van der Waals surface area (Å²) < 4.78 is 5.02. The van der Waals surface area contributed by atoms with Gasteiger partial charge in [0, 0.05) is 13.5 Å². The SMILES string of the molecule is CCOC(=O)C(C(=O)Cc1ccc(-c2ccccc2)cc1)C(C)C(=O)NC. The molecule has 0 heterocycles. The minimum atomic E-state index is -1.11. The van der Waals surface area contributed by atoms with Gasteiger partial charge >= 0.3 is 5.97 Å². The predicted molar refractivity (Wildman–Crippen MR) is 104 cm³/mol. The van der Waals surface area contributed by atoms with Crippen LogP contribution >= 0.6 is 0 Å². The van der Waals surface area contributed by atoms with E-state index in [1.807, 2.05) is 54.6 Å². The Morgan fingerprint density at radius 3 is 2.11 bits per heavy atom. The Bertz CT molecular complexity index is 784. The first-order valence-corrected chi connectivity index (χ1v) is 9.03. The molecule has 5 nitrogen and oxygen atoms in total. The molecule has 2 rings (SSSR count). The van der Waals surface area contributed by atoms with Gasteiger partial charge in [0.05, 0.1) is 12.5 Å². The Kier molecular flexibility index (Phi) is 7.29. The summed E-state index contributed by atoms with van der Waals surface area (Å²) in [5.74, 6) is -3.24. The highest BCUT2D eigenvalue weighted by Crippen LogP contribution is 2.22. The fraction of sp³-hybridized carbons (Fsp3) is 0.318. The Morgan fingerprint density at radius 2 is 1.56 bits per heavy atom. The largest absolute Gasteiger partial charge is 0.465 e. The standard InChI is InChI=1S/C22H25NO4/c1-4-27-22(26)20(15(2)21(25)23-3)19(24)14-16-10-12-18(13-11-16)17-8-6-5-7-9-17/h5-13,15,20H,4,14H2,1-3H3,(H,23,25). The van der Waals surface area contributed by atoms with Crippen molar-refractivity contribution in [2.24, 2.45) is 11.8 Å². The van der Waals surface area contributed by atoms with Gasteiger partial charge in [0.15, 0.2) is 5.78 Å². The summed E-state index contributed by atoms with van der Waals surface area (Å²) in [4.78, 5) is 37.0. The molecule has 27 heavy (non-hydrogen) atoms. The fourth-order valence-corrected chi connectivity index (χ4v) is 2.98. The normalized spacial score (nSPS) is 12.7. The van der Waals surface area contributed by atoms with Crippen molar-refractivity contribution in [2.45, 2.75) is 20.3 Å². The molecule has 0 fully saturated rings. The molecule has 0 aliphatic heterocycles. The first kappa shape index (κ1) is 20.4. The third kappa shape index (κ3) is 5.26. The lowest BCUT2D eigenvalue weighted by Gasteiger charge is -2.20. The second kappa shape index (κ2) is 9.67. The molecular weight excluding hydrogens is 342 g/mol. The first-order valence-electron chi connectivity index (χ1n) is 9.03. The quantitative estimate of drug-likeness (QED) is 0.575. The van der Waals surface area contributed by atoms with Crippen LogP contribution in [0.1, 0.15) is 19.4 Å². The molecule has 5 heteroatoms. The van der Waals surface area contributed by atoms with Crippen molar-refractivity contribution in [3.8, 4) is 11.1 Å². The third-order valence-electron chi connectivity index (χ3n) is 4.49. The first-order chi connectivity index (χ1) is 13.0. The average Bonchev–Trinajstić information content (AvgIpc) is 2.69. The zero-order valence-corrected chi connectivity index (χ0v) is 15.9. The van der Waals surface area contributed by atoms with Gasteiger partial charge in [-0.25, -0.2) is 0 Å². The molecule has 1 amide bonds. The smallest absolute Gasteiger partial charge is 0.317 e. The molecular formula is C22H25NO4. The van der Waals surface area contributed by atoms with Crippen LogP contribution in [-0.2, 0) is 25.5 Å². The van der Waals surface area contributed by atoms with Gasteiger partial charge in [-0.2, -0.15) is 0 Å². The second-order valence-corrected chi connectivity index (χ2v) is 6.34. The number of ether oxygens (including phenoxy) is 1. The zero-order chi connectivity index (χ0) is 19.8. The maximum absolute atomic E-state index is 12.8. The maximum atomic E-state index is 12.8. The molecule has 0 aliphatic carbocycles. The van der Waals surface area contributed by atoms with E-state index in [2.05, 4.69) is 5.32 Å². The molecule has 0 radical (unpaired) electrons. The molecule has 0 bridgehead atoms. The molecule has 0 saturated carbocycles. The fourth-order valence-electron chi connectivity index (χ4n) is 2.98. The maximum Gasteiger partial charge on any atom is 0.317 e.